The smallest absolute Gasteiger partial charge is 0.305 e. The number of hydrogen-bond donors (Lipinski definition) is 1. The van der Waals surface area contributed by atoms with Crippen LogP contribution < -0.4 is 5.32 Å². The fraction of sp³-hybridized carbons (Fsp3) is 0.706. The Bertz CT molecular complexity index is 555. The molecule has 0 aliphatic carbocycles. The number of guanidine groups is 1. The van der Waals surface area contributed by atoms with Crippen LogP contribution in [0.25, 0.3) is 0 Å². The maximum atomic E-state index is 11.4. The summed E-state index contributed by atoms with van der Waals surface area (Å²) in [6.07, 6.45) is 6.30. The summed E-state index contributed by atoms with van der Waals surface area (Å²) in [6.45, 7) is 7.75. The molecule has 0 amide bonds. The van der Waals surface area contributed by atoms with Crippen LogP contribution in [0.3, 0.4) is 0 Å². The number of esters is 1. The molecule has 24 heavy (non-hydrogen) atoms. The van der Waals surface area contributed by atoms with Crippen molar-refractivity contribution in [3.8, 4) is 0 Å². The third kappa shape index (κ3) is 5.25. The van der Waals surface area contributed by atoms with Crippen LogP contribution in [0.2, 0.25) is 0 Å². The number of likely N-dealkylation sites (tertiary alicyclic amines) is 1. The van der Waals surface area contributed by atoms with Crippen LogP contribution in [0.4, 0.5) is 0 Å². The zero-order chi connectivity index (χ0) is 17.4. The second-order valence-corrected chi connectivity index (χ2v) is 6.02. The molecule has 0 bridgehead atoms. The molecule has 7 heteroatoms. The highest BCUT2D eigenvalue weighted by Crippen LogP contribution is 2.26. The predicted octanol–water partition coefficient (Wildman–Crippen LogP) is 1.52. The molecule has 1 aromatic rings. The third-order valence-corrected chi connectivity index (χ3v) is 4.12. The molecular formula is C17H29N5O2. The van der Waals surface area contributed by atoms with Crippen molar-refractivity contribution >= 4 is 11.9 Å². The lowest BCUT2D eigenvalue weighted by atomic mass is 10.0. The van der Waals surface area contributed by atoms with Crippen LogP contribution in [0.1, 0.15) is 44.6 Å². The summed E-state index contributed by atoms with van der Waals surface area (Å²) in [7, 11) is 1.95. The van der Waals surface area contributed by atoms with Gasteiger partial charge in [0.1, 0.15) is 0 Å². The summed E-state index contributed by atoms with van der Waals surface area (Å²) in [4.78, 5) is 18.3. The van der Waals surface area contributed by atoms with Gasteiger partial charge in [-0.05, 0) is 32.3 Å². The molecule has 1 aromatic heterocycles. The number of rotatable bonds is 7. The van der Waals surface area contributed by atoms with Crippen molar-refractivity contribution in [2.75, 3.05) is 32.8 Å². The Labute approximate surface area is 144 Å². The van der Waals surface area contributed by atoms with Crippen molar-refractivity contribution in [3.63, 3.8) is 0 Å². The molecular weight excluding hydrogens is 306 g/mol. The van der Waals surface area contributed by atoms with Crippen molar-refractivity contribution in [2.24, 2.45) is 12.0 Å². The van der Waals surface area contributed by atoms with Crippen molar-refractivity contribution < 1.29 is 9.53 Å². The van der Waals surface area contributed by atoms with E-state index in [-0.39, 0.29) is 5.97 Å². The minimum absolute atomic E-state index is 0.143. The first-order valence-electron chi connectivity index (χ1n) is 8.81. The van der Waals surface area contributed by atoms with Gasteiger partial charge in [-0.1, -0.05) is 0 Å². The number of carbonyl (C=O) groups is 1. The average molecular weight is 335 g/mol. The molecule has 7 nitrogen and oxygen atoms in total. The molecule has 0 radical (unpaired) electrons. The first kappa shape index (κ1) is 18.3. The van der Waals surface area contributed by atoms with Crippen molar-refractivity contribution in [1.82, 2.24) is 20.0 Å². The van der Waals surface area contributed by atoms with Crippen LogP contribution in [-0.2, 0) is 16.6 Å². The summed E-state index contributed by atoms with van der Waals surface area (Å²) in [5, 5.41) is 7.62. The Morgan fingerprint density at radius 2 is 2.33 bits per heavy atom. The van der Waals surface area contributed by atoms with Gasteiger partial charge < -0.3 is 15.0 Å². The minimum Gasteiger partial charge on any atom is -0.466 e. The second-order valence-electron chi connectivity index (χ2n) is 6.02. The molecule has 1 atom stereocenters. The van der Waals surface area contributed by atoms with Gasteiger partial charge in [-0.25, -0.2) is 0 Å². The van der Waals surface area contributed by atoms with E-state index in [0.29, 0.717) is 31.9 Å². The summed E-state index contributed by atoms with van der Waals surface area (Å²) < 4.78 is 6.79. The normalized spacial score (nSPS) is 18.0. The molecule has 2 heterocycles. The lowest BCUT2D eigenvalue weighted by molar-refractivity contribution is -0.143. The lowest BCUT2D eigenvalue weighted by Gasteiger charge is -2.21. The number of nitrogens with one attached hydrogen (secondary N) is 1. The third-order valence-electron chi connectivity index (χ3n) is 4.12. The summed E-state index contributed by atoms with van der Waals surface area (Å²) in [6, 6.07) is 0. The van der Waals surface area contributed by atoms with Crippen LogP contribution >= 0.6 is 0 Å². The number of nitrogens with zero attached hydrogens (tertiary/aromatic N) is 4. The maximum Gasteiger partial charge on any atom is 0.305 e. The molecule has 134 valence electrons. The van der Waals surface area contributed by atoms with E-state index >= 15 is 0 Å². The van der Waals surface area contributed by atoms with Gasteiger partial charge in [0, 0.05) is 51.8 Å². The molecule has 1 N–H and O–H groups in total. The molecule has 1 saturated heterocycles. The van der Waals surface area contributed by atoms with Gasteiger partial charge in [0.25, 0.3) is 0 Å². The summed E-state index contributed by atoms with van der Waals surface area (Å²) in [5.41, 5.74) is 1.29. The van der Waals surface area contributed by atoms with E-state index in [1.807, 2.05) is 24.9 Å². The molecule has 1 aliphatic heterocycles. The molecule has 0 aromatic carbocycles. The molecule has 0 saturated carbocycles. The molecule has 2 rings (SSSR count). The van der Waals surface area contributed by atoms with Crippen LogP contribution in [0.15, 0.2) is 17.4 Å². The fourth-order valence-corrected chi connectivity index (χ4v) is 2.94. The second kappa shape index (κ2) is 9.30. The summed E-state index contributed by atoms with van der Waals surface area (Å²) in [5.74, 6) is 1.30. The molecule has 1 aliphatic rings. The largest absolute Gasteiger partial charge is 0.466 e. The molecule has 0 spiro atoms. The van der Waals surface area contributed by atoms with Gasteiger partial charge in [0.2, 0.25) is 0 Å². The minimum atomic E-state index is -0.143. The van der Waals surface area contributed by atoms with E-state index in [2.05, 4.69) is 33.4 Å². The monoisotopic (exact) mass is 335 g/mol. The van der Waals surface area contributed by atoms with E-state index in [1.165, 1.54) is 5.56 Å². The van der Waals surface area contributed by atoms with E-state index in [9.17, 15) is 4.79 Å². The van der Waals surface area contributed by atoms with Crippen LogP contribution in [0.5, 0.6) is 0 Å². The van der Waals surface area contributed by atoms with Gasteiger partial charge in [0.05, 0.1) is 12.8 Å². The van der Waals surface area contributed by atoms with E-state index in [1.54, 1.807) is 0 Å². The Hall–Kier alpha value is -2.05. The number of aromatic nitrogens is 2. The van der Waals surface area contributed by atoms with Crippen molar-refractivity contribution in [1.29, 1.82) is 0 Å². The van der Waals surface area contributed by atoms with E-state index < -0.39 is 0 Å². The van der Waals surface area contributed by atoms with Gasteiger partial charge in [-0.2, -0.15) is 5.10 Å². The molecule has 1 unspecified atom stereocenters. The maximum absolute atomic E-state index is 11.4. The van der Waals surface area contributed by atoms with Crippen molar-refractivity contribution in [3.05, 3.63) is 18.0 Å². The highest BCUT2D eigenvalue weighted by atomic mass is 16.5. The number of aliphatic imine (C=N–C) groups is 1. The van der Waals surface area contributed by atoms with E-state index in [0.717, 1.165) is 32.0 Å². The lowest BCUT2D eigenvalue weighted by Crippen LogP contribution is -2.40. The Morgan fingerprint density at radius 3 is 3.00 bits per heavy atom. The fourth-order valence-electron chi connectivity index (χ4n) is 2.94. The highest BCUT2D eigenvalue weighted by Gasteiger charge is 2.26. The number of aryl methyl sites for hydroxylation is 1. The van der Waals surface area contributed by atoms with Gasteiger partial charge in [-0.15, -0.1) is 0 Å². The number of hydrogen-bond acceptors (Lipinski definition) is 4. The zero-order valence-electron chi connectivity index (χ0n) is 15.0. The Balaban J connectivity index is 1.86. The van der Waals surface area contributed by atoms with Gasteiger partial charge in [0.15, 0.2) is 5.96 Å². The summed E-state index contributed by atoms with van der Waals surface area (Å²) >= 11 is 0. The predicted molar refractivity (Wildman–Crippen MR) is 94.0 cm³/mol. The van der Waals surface area contributed by atoms with Gasteiger partial charge >= 0.3 is 5.97 Å². The topological polar surface area (TPSA) is 71.8 Å². The standard InChI is InChI=1S/C17H29N5O2/c1-4-18-17(19-9-6-7-16(23)24-5-2)22-10-8-14(13-22)15-11-20-21(3)12-15/h11-12,14H,4-10,13H2,1-3H3,(H,18,19). The van der Waals surface area contributed by atoms with Crippen LogP contribution in [-0.4, -0.2) is 59.4 Å². The highest BCUT2D eigenvalue weighted by molar-refractivity contribution is 5.80. The quantitative estimate of drug-likeness (QED) is 0.354. The number of carbonyl (C=O) groups excluding carboxylic acids is 1. The Morgan fingerprint density at radius 1 is 1.50 bits per heavy atom. The number of ether oxygens (including phenoxy) is 1. The van der Waals surface area contributed by atoms with Gasteiger partial charge in [-0.3, -0.25) is 14.5 Å². The Kier molecular flexibility index (Phi) is 7.08. The SMILES string of the molecule is CCNC(=NCCCC(=O)OCC)N1CCC(c2cnn(C)c2)C1. The molecule has 1 fully saturated rings. The first-order valence-corrected chi connectivity index (χ1v) is 8.81. The van der Waals surface area contributed by atoms with E-state index in [4.69, 9.17) is 4.74 Å². The first-order chi connectivity index (χ1) is 11.6. The van der Waals surface area contributed by atoms with Crippen LogP contribution in [0, 0.1) is 0 Å². The van der Waals surface area contributed by atoms with Crippen molar-refractivity contribution in [2.45, 2.75) is 39.0 Å². The average Bonchev–Trinajstić information content (AvgIpc) is 3.19. The zero-order valence-corrected chi connectivity index (χ0v) is 15.0.